The molecule has 1 saturated carbocycles. The largest absolute Gasteiger partial charge is 0.474 e. The number of anilines is 2. The van der Waals surface area contributed by atoms with Gasteiger partial charge in [-0.3, -0.25) is 19.8 Å². The number of pyridine rings is 2. The summed E-state index contributed by atoms with van der Waals surface area (Å²) < 4.78 is 35.9. The third-order valence-electron chi connectivity index (χ3n) is 14.9. The molecule has 0 radical (unpaired) electrons. The molecule has 6 heterocycles. The molecular weight excluding hydrogens is 865 g/mol. The number of piperidine rings is 1. The van der Waals surface area contributed by atoms with Crippen molar-refractivity contribution in [3.8, 4) is 5.88 Å². The van der Waals surface area contributed by atoms with Crippen molar-refractivity contribution in [1.82, 2.24) is 24.6 Å². The first-order chi connectivity index (χ1) is 32.4. The molecule has 3 fully saturated rings. The lowest BCUT2D eigenvalue weighted by atomic mass is 9.66. The average molecular weight is 923 g/mol. The molecule has 0 bridgehead atoms. The number of fused-ring (bicyclic) bond motifs is 2. The van der Waals surface area contributed by atoms with Crippen molar-refractivity contribution in [2.24, 2.45) is 5.41 Å². The number of nitrogens with one attached hydrogen (secondary N) is 3. The summed E-state index contributed by atoms with van der Waals surface area (Å²) in [6.07, 6.45) is 14.0. The molecule has 348 valence electrons. The number of nitrogens with zero attached hydrogens (tertiary/aromatic N) is 5. The molecule has 2 saturated heterocycles. The van der Waals surface area contributed by atoms with Crippen LogP contribution in [0, 0.1) is 15.5 Å². The van der Waals surface area contributed by atoms with Crippen LogP contribution in [-0.4, -0.2) is 77.4 Å². The Hall–Kier alpha value is -6.32. The highest BCUT2D eigenvalue weighted by molar-refractivity contribution is 7.90. The zero-order valence-electron chi connectivity index (χ0n) is 38.1. The molecule has 3 N–H and O–H groups in total. The monoisotopic (exact) mass is 922 g/mol. The Bertz CT molecular complexity index is 2900. The lowest BCUT2D eigenvalue weighted by Gasteiger charge is -2.48. The van der Waals surface area contributed by atoms with Crippen molar-refractivity contribution in [3.63, 3.8) is 0 Å². The number of likely N-dealkylation sites (tertiary alicyclic amines) is 1. The van der Waals surface area contributed by atoms with Gasteiger partial charge in [-0.05, 0) is 140 Å². The maximum absolute atomic E-state index is 14.2. The minimum absolute atomic E-state index is 0.0103. The summed E-state index contributed by atoms with van der Waals surface area (Å²) in [4.78, 5) is 42.9. The molecule has 3 aliphatic heterocycles. The van der Waals surface area contributed by atoms with Crippen LogP contribution in [0.1, 0.15) is 115 Å². The second-order valence-corrected chi connectivity index (χ2v) is 21.0. The third kappa shape index (κ3) is 9.23. The minimum atomic E-state index is -4.70. The highest BCUT2D eigenvalue weighted by Gasteiger charge is 2.42. The molecular formula is C52H58N8O6S. The smallest absolute Gasteiger partial charge is 0.300 e. The number of carbonyl (C=O) groups is 1. The Morgan fingerprint density at radius 2 is 1.72 bits per heavy atom. The zero-order valence-corrected chi connectivity index (χ0v) is 38.9. The van der Waals surface area contributed by atoms with Crippen LogP contribution in [0.4, 0.5) is 17.1 Å². The van der Waals surface area contributed by atoms with E-state index in [9.17, 15) is 23.3 Å². The molecule has 6 aromatic rings. The number of aromatic nitrogens is 3. The molecule has 2 atom stereocenters. The van der Waals surface area contributed by atoms with E-state index in [4.69, 9.17) is 4.74 Å². The molecule has 14 nitrogen and oxygen atoms in total. The van der Waals surface area contributed by atoms with Crippen molar-refractivity contribution in [3.05, 3.63) is 147 Å². The van der Waals surface area contributed by atoms with Crippen LogP contribution in [0.3, 0.4) is 0 Å². The summed E-state index contributed by atoms with van der Waals surface area (Å²) in [5, 5.41) is 15.7. The van der Waals surface area contributed by atoms with Crippen molar-refractivity contribution < 1.29 is 22.9 Å². The van der Waals surface area contributed by atoms with E-state index >= 15 is 0 Å². The third-order valence-corrected chi connectivity index (χ3v) is 16.1. The predicted molar refractivity (Wildman–Crippen MR) is 259 cm³/mol. The number of sulfonamides is 1. The highest BCUT2D eigenvalue weighted by Crippen LogP contribution is 2.49. The lowest BCUT2D eigenvalue weighted by Crippen LogP contribution is -2.46. The van der Waals surface area contributed by atoms with Crippen LogP contribution in [0.2, 0.25) is 0 Å². The molecule has 1 spiro atoms. The van der Waals surface area contributed by atoms with E-state index in [-0.39, 0.29) is 29.8 Å². The highest BCUT2D eigenvalue weighted by atomic mass is 32.2. The second kappa shape index (κ2) is 18.4. The summed E-state index contributed by atoms with van der Waals surface area (Å²) in [5.74, 6) is -0.581. The van der Waals surface area contributed by atoms with E-state index in [2.05, 4.69) is 72.9 Å². The quantitative estimate of drug-likeness (QED) is 0.0788. The van der Waals surface area contributed by atoms with E-state index in [1.807, 2.05) is 60.8 Å². The van der Waals surface area contributed by atoms with Gasteiger partial charge in [-0.2, -0.15) is 13.4 Å². The Kier molecular flexibility index (Phi) is 12.2. The van der Waals surface area contributed by atoms with Crippen LogP contribution < -0.4 is 19.7 Å². The van der Waals surface area contributed by atoms with Gasteiger partial charge in [0.25, 0.3) is 15.9 Å². The number of nitro groups is 1. The van der Waals surface area contributed by atoms with E-state index in [1.165, 1.54) is 56.2 Å². The number of benzene rings is 3. The van der Waals surface area contributed by atoms with Gasteiger partial charge < -0.3 is 19.9 Å². The van der Waals surface area contributed by atoms with Crippen molar-refractivity contribution in [2.75, 3.05) is 36.5 Å². The van der Waals surface area contributed by atoms with Gasteiger partial charge in [0.05, 0.1) is 17.0 Å². The fraction of sp³-hybridized carbons (Fsp3) is 0.404. The van der Waals surface area contributed by atoms with Gasteiger partial charge in [0.2, 0.25) is 5.88 Å². The van der Waals surface area contributed by atoms with E-state index in [1.54, 1.807) is 12.3 Å². The van der Waals surface area contributed by atoms with E-state index in [0.717, 1.165) is 59.8 Å². The lowest BCUT2D eigenvalue weighted by molar-refractivity contribution is -0.384. The number of rotatable bonds is 12. The maximum Gasteiger partial charge on any atom is 0.300 e. The van der Waals surface area contributed by atoms with Crippen LogP contribution in [-0.2, 0) is 22.9 Å². The number of hydrogen-bond acceptors (Lipinski definition) is 11. The van der Waals surface area contributed by atoms with Crippen LogP contribution in [0.25, 0.3) is 11.0 Å². The molecule has 4 aliphatic rings. The van der Waals surface area contributed by atoms with Gasteiger partial charge >= 0.3 is 5.69 Å². The first-order valence-electron chi connectivity index (χ1n) is 23.8. The van der Waals surface area contributed by atoms with Gasteiger partial charge in [0, 0.05) is 54.2 Å². The average Bonchev–Trinajstić information content (AvgIpc) is 4.02. The van der Waals surface area contributed by atoms with Gasteiger partial charge in [-0.1, -0.05) is 68.4 Å². The SMILES string of the molecule is CC(C)c1ccccc1C1CCCN1C1CCC2(CC1)CCN(c1ccc(C(=O)NS(=O)(=O)c3cc([N+](=O)[O-])c4c(n3)OC[C@H](Cc3ccccc3)N4)c(Cc3cnc4[nH]ccc4c3)c1)CC2. The predicted octanol–water partition coefficient (Wildman–Crippen LogP) is 9.48. The first kappa shape index (κ1) is 44.5. The molecule has 1 amide bonds. The van der Waals surface area contributed by atoms with Crippen LogP contribution >= 0.6 is 0 Å². The van der Waals surface area contributed by atoms with Crippen LogP contribution in [0.15, 0.2) is 108 Å². The Labute approximate surface area is 391 Å². The number of aromatic amines is 1. The maximum atomic E-state index is 14.2. The Balaban J connectivity index is 0.849. The number of ether oxygens (including phenoxy) is 1. The molecule has 15 heteroatoms. The standard InChI is InChI=1S/C52H58N8O6S/c1-34(2)42-11-6-7-12-44(42)45-13-8-24-59(45)40-16-19-52(20-17-40)21-25-58(26-22-52)41-14-15-43(38(30-41)28-36-27-37-18-23-53-49(37)54-32-36)50(61)57-67(64,65)47-31-46(60(62)63)48-51(56-47)66-33-39(55-48)29-35-9-4-3-5-10-35/h3-7,9-12,14-15,18,23,27,30-32,34,39-40,45,55H,8,13,16-17,19-22,24-26,28-29,33H2,1-2H3,(H,53,54)(H,57,61)/t39-,45?/m0/s1. The number of H-pyrrole nitrogens is 1. The summed E-state index contributed by atoms with van der Waals surface area (Å²) in [6, 6.07) is 29.9. The van der Waals surface area contributed by atoms with Crippen molar-refractivity contribution >= 4 is 44.0 Å². The number of carbonyl (C=O) groups excluding carboxylic acids is 1. The first-order valence-corrected chi connectivity index (χ1v) is 25.2. The fourth-order valence-corrected chi connectivity index (χ4v) is 12.2. The molecule has 1 aliphatic carbocycles. The summed E-state index contributed by atoms with van der Waals surface area (Å²) >= 11 is 0. The topological polar surface area (TPSA) is 176 Å². The number of hydrogen-bond donors (Lipinski definition) is 3. The van der Waals surface area contributed by atoms with Crippen molar-refractivity contribution in [1.29, 1.82) is 0 Å². The normalized spacial score (nSPS) is 19.8. The summed E-state index contributed by atoms with van der Waals surface area (Å²) in [5.41, 5.74) is 7.16. The van der Waals surface area contributed by atoms with Gasteiger partial charge in [-0.25, -0.2) is 9.71 Å². The molecule has 3 aromatic carbocycles. The Morgan fingerprint density at radius 3 is 2.49 bits per heavy atom. The summed E-state index contributed by atoms with van der Waals surface area (Å²) in [7, 11) is -4.70. The molecule has 1 unspecified atom stereocenters. The Morgan fingerprint density at radius 1 is 0.940 bits per heavy atom. The number of amides is 1. The molecule has 67 heavy (non-hydrogen) atoms. The van der Waals surface area contributed by atoms with Gasteiger partial charge in [0.1, 0.15) is 12.3 Å². The minimum Gasteiger partial charge on any atom is -0.474 e. The van der Waals surface area contributed by atoms with Gasteiger partial charge in [0.15, 0.2) is 10.7 Å². The second-order valence-electron chi connectivity index (χ2n) is 19.4. The van der Waals surface area contributed by atoms with Crippen LogP contribution in [0.5, 0.6) is 5.88 Å². The van der Waals surface area contributed by atoms with E-state index < -0.39 is 31.6 Å². The fourth-order valence-electron chi connectivity index (χ4n) is 11.3. The molecule has 10 rings (SSSR count). The van der Waals surface area contributed by atoms with Crippen molar-refractivity contribution in [2.45, 2.75) is 107 Å². The zero-order chi connectivity index (χ0) is 46.3. The molecule has 3 aromatic heterocycles. The van der Waals surface area contributed by atoms with Gasteiger partial charge in [-0.15, -0.1) is 0 Å². The summed E-state index contributed by atoms with van der Waals surface area (Å²) in [6.45, 7) is 7.67. The van der Waals surface area contributed by atoms with E-state index in [0.29, 0.717) is 41.8 Å².